The van der Waals surface area contributed by atoms with Crippen molar-refractivity contribution < 1.29 is 48.1 Å². The number of esters is 1. The highest BCUT2D eigenvalue weighted by molar-refractivity contribution is 5.94. The highest BCUT2D eigenvalue weighted by Crippen LogP contribution is 2.31. The van der Waals surface area contributed by atoms with Crippen LogP contribution in [0, 0.1) is 5.92 Å². The van der Waals surface area contributed by atoms with Crippen LogP contribution in [0.15, 0.2) is 54.6 Å². The van der Waals surface area contributed by atoms with Gasteiger partial charge in [-0.3, -0.25) is 24.0 Å². The molecule has 2 fully saturated rings. The van der Waals surface area contributed by atoms with E-state index in [1.165, 1.54) is 4.90 Å². The molecule has 4 bridgehead atoms. The molecule has 3 aliphatic rings. The summed E-state index contributed by atoms with van der Waals surface area (Å²) in [5.41, 5.74) is 0.430. The topological polar surface area (TPSA) is 202 Å². The van der Waals surface area contributed by atoms with Gasteiger partial charge in [0.05, 0.1) is 31.7 Å². The van der Waals surface area contributed by atoms with Crippen LogP contribution in [0.25, 0.3) is 0 Å². The van der Waals surface area contributed by atoms with Gasteiger partial charge in [-0.2, -0.15) is 0 Å². The Morgan fingerprint density at radius 2 is 1.68 bits per heavy atom. The minimum absolute atomic E-state index is 0.0566. The van der Waals surface area contributed by atoms with E-state index in [-0.39, 0.29) is 43.5 Å². The molecule has 2 heterocycles. The van der Waals surface area contributed by atoms with E-state index in [9.17, 15) is 33.9 Å². The van der Waals surface area contributed by atoms with Crippen LogP contribution in [0.3, 0.4) is 0 Å². The standard InChI is InChI=1S/C45H63N5O10/c1-5-15-34(40(53)42(55)46-27-37(52)49-39(31-19-10-7-11-20-31)44(57)60-45(2,3)4)47-41(54)35-26-33-28-50(35)43(56)38(30-17-8-6-9-18-30)48-36(51)25-29-16-14-21-32(24-29)58-22-12-13-23-59-33/h7,10-11,14,16,19-21,24,30,33-35,38-40,53H,5-6,8-9,12-13,15,17-18,22-23,25-28H2,1-4H3,(H,46,55)(H,47,54)(H,48,51)(H,49,52)/t33-,34?,35+,38+,39+,40?/m1/s1. The zero-order valence-corrected chi connectivity index (χ0v) is 35.4. The van der Waals surface area contributed by atoms with Crippen molar-refractivity contribution >= 4 is 35.5 Å². The van der Waals surface area contributed by atoms with E-state index in [0.29, 0.717) is 43.8 Å². The first-order chi connectivity index (χ1) is 28.7. The number of aliphatic hydroxyl groups is 1. The number of fused-ring (bicyclic) bond motifs is 4. The van der Waals surface area contributed by atoms with Crippen molar-refractivity contribution in [1.82, 2.24) is 26.2 Å². The number of carbonyl (C=O) groups is 6. The van der Waals surface area contributed by atoms with Crippen LogP contribution < -0.4 is 26.0 Å². The van der Waals surface area contributed by atoms with Crippen molar-refractivity contribution in [2.45, 2.75) is 140 Å². The molecule has 6 atom stereocenters. The number of nitrogens with one attached hydrogen (secondary N) is 4. The minimum atomic E-state index is -1.75. The summed E-state index contributed by atoms with van der Waals surface area (Å²) in [6.45, 7) is 7.40. The molecule has 5 amide bonds. The van der Waals surface area contributed by atoms with Gasteiger partial charge in [-0.05, 0) is 82.1 Å². The minimum Gasteiger partial charge on any atom is -0.494 e. The third kappa shape index (κ3) is 13.5. The lowest BCUT2D eigenvalue weighted by molar-refractivity contribution is -0.158. The van der Waals surface area contributed by atoms with Gasteiger partial charge >= 0.3 is 5.97 Å². The molecule has 60 heavy (non-hydrogen) atoms. The molecule has 1 saturated carbocycles. The SMILES string of the molecule is CCCC(NC(=O)[C@@H]1C[C@@H]2CN1C(=O)[C@H](C1CCCCC1)NC(=O)Cc1cccc(c1)OCCCCO2)C(O)C(=O)NCC(=O)N[C@H](C(=O)OC(C)(C)C)c1ccccc1. The van der Waals surface area contributed by atoms with Gasteiger partial charge in [0.25, 0.3) is 5.91 Å². The maximum atomic E-state index is 14.6. The molecule has 15 heteroatoms. The molecule has 1 saturated heterocycles. The van der Waals surface area contributed by atoms with Crippen LogP contribution in [-0.4, -0.2) is 108 Å². The molecule has 15 nitrogen and oxygen atoms in total. The second kappa shape index (κ2) is 22.0. The number of aliphatic hydroxyl groups excluding tert-OH is 1. The highest BCUT2D eigenvalue weighted by atomic mass is 16.6. The van der Waals surface area contributed by atoms with Gasteiger partial charge in [0.15, 0.2) is 12.1 Å². The van der Waals surface area contributed by atoms with Crippen molar-refractivity contribution in [1.29, 1.82) is 0 Å². The summed E-state index contributed by atoms with van der Waals surface area (Å²) in [6.07, 6.45) is 4.57. The third-order valence-electron chi connectivity index (χ3n) is 11.1. The Bertz CT molecular complexity index is 1780. The van der Waals surface area contributed by atoms with E-state index in [1.807, 2.05) is 31.2 Å². The van der Waals surface area contributed by atoms with Crippen molar-refractivity contribution in [3.8, 4) is 5.75 Å². The van der Waals surface area contributed by atoms with Gasteiger partial charge in [0.1, 0.15) is 23.4 Å². The maximum Gasteiger partial charge on any atom is 0.333 e. The number of rotatable bonds is 12. The Morgan fingerprint density at radius 1 is 0.950 bits per heavy atom. The van der Waals surface area contributed by atoms with Gasteiger partial charge in [0.2, 0.25) is 23.6 Å². The Hall–Kier alpha value is -5.02. The summed E-state index contributed by atoms with van der Waals surface area (Å²) < 4.78 is 17.7. The summed E-state index contributed by atoms with van der Waals surface area (Å²) in [7, 11) is 0. The zero-order valence-electron chi connectivity index (χ0n) is 35.4. The maximum absolute atomic E-state index is 14.6. The first-order valence-corrected chi connectivity index (χ1v) is 21.5. The lowest BCUT2D eigenvalue weighted by Gasteiger charge is -2.35. The highest BCUT2D eigenvalue weighted by Gasteiger charge is 2.45. The quantitative estimate of drug-likeness (QED) is 0.198. The van der Waals surface area contributed by atoms with E-state index < -0.39 is 72.2 Å². The fourth-order valence-corrected chi connectivity index (χ4v) is 8.09. The average Bonchev–Trinajstić information content (AvgIpc) is 3.66. The molecule has 2 aromatic rings. The van der Waals surface area contributed by atoms with Crippen molar-refractivity contribution in [3.05, 3.63) is 65.7 Å². The smallest absolute Gasteiger partial charge is 0.333 e. The molecule has 0 aromatic heterocycles. The third-order valence-corrected chi connectivity index (χ3v) is 11.1. The largest absolute Gasteiger partial charge is 0.494 e. The molecular weight excluding hydrogens is 771 g/mol. The fraction of sp³-hybridized carbons (Fsp3) is 0.600. The van der Waals surface area contributed by atoms with E-state index >= 15 is 0 Å². The normalized spacial score (nSPS) is 22.2. The second-order valence-corrected chi connectivity index (χ2v) is 17.1. The van der Waals surface area contributed by atoms with Crippen LogP contribution >= 0.6 is 0 Å². The summed E-state index contributed by atoms with van der Waals surface area (Å²) in [5.74, 6) is -2.95. The Balaban J connectivity index is 1.28. The number of benzene rings is 2. The van der Waals surface area contributed by atoms with E-state index in [1.54, 1.807) is 51.1 Å². The molecular formula is C45H63N5O10. The summed E-state index contributed by atoms with van der Waals surface area (Å²) in [6, 6.07) is 11.9. The van der Waals surface area contributed by atoms with E-state index in [0.717, 1.165) is 37.7 Å². The number of hydrogen-bond donors (Lipinski definition) is 5. The molecule has 0 spiro atoms. The van der Waals surface area contributed by atoms with Crippen LogP contribution in [0.5, 0.6) is 5.75 Å². The zero-order chi connectivity index (χ0) is 43.2. The van der Waals surface area contributed by atoms with Crippen LogP contribution in [-0.2, 0) is 44.7 Å². The Morgan fingerprint density at radius 3 is 2.40 bits per heavy atom. The molecule has 5 rings (SSSR count). The summed E-state index contributed by atoms with van der Waals surface area (Å²) >= 11 is 0. The number of hydrogen-bond acceptors (Lipinski definition) is 10. The Labute approximate surface area is 353 Å². The Kier molecular flexibility index (Phi) is 16.9. The molecule has 2 aromatic carbocycles. The summed E-state index contributed by atoms with van der Waals surface area (Å²) in [4.78, 5) is 83.4. The van der Waals surface area contributed by atoms with Gasteiger partial charge in [-0.25, -0.2) is 4.79 Å². The fourth-order valence-electron chi connectivity index (χ4n) is 8.09. The van der Waals surface area contributed by atoms with Gasteiger partial charge in [-0.1, -0.05) is 75.1 Å². The molecule has 2 aliphatic heterocycles. The summed E-state index contributed by atoms with van der Waals surface area (Å²) in [5, 5.41) is 22.2. The predicted molar refractivity (Wildman–Crippen MR) is 222 cm³/mol. The monoisotopic (exact) mass is 833 g/mol. The number of amides is 5. The van der Waals surface area contributed by atoms with Crippen molar-refractivity contribution in [3.63, 3.8) is 0 Å². The number of carbonyl (C=O) groups excluding carboxylic acids is 6. The van der Waals surface area contributed by atoms with Gasteiger partial charge < -0.3 is 45.5 Å². The second-order valence-electron chi connectivity index (χ2n) is 17.1. The molecule has 2 unspecified atom stereocenters. The molecule has 328 valence electrons. The molecule has 5 N–H and O–H groups in total. The van der Waals surface area contributed by atoms with Gasteiger partial charge in [-0.15, -0.1) is 0 Å². The first-order valence-electron chi connectivity index (χ1n) is 21.5. The van der Waals surface area contributed by atoms with Gasteiger partial charge in [0, 0.05) is 19.6 Å². The molecule has 1 aliphatic carbocycles. The van der Waals surface area contributed by atoms with Crippen molar-refractivity contribution in [2.75, 3.05) is 26.3 Å². The number of nitrogens with zero attached hydrogens (tertiary/aromatic N) is 1. The predicted octanol–water partition coefficient (Wildman–Crippen LogP) is 3.41. The van der Waals surface area contributed by atoms with Crippen molar-refractivity contribution in [2.24, 2.45) is 5.92 Å². The van der Waals surface area contributed by atoms with E-state index in [4.69, 9.17) is 14.2 Å². The van der Waals surface area contributed by atoms with E-state index in [2.05, 4.69) is 21.3 Å². The van der Waals surface area contributed by atoms with Crippen LogP contribution in [0.4, 0.5) is 0 Å². The van der Waals surface area contributed by atoms with Crippen LogP contribution in [0.1, 0.15) is 109 Å². The lowest BCUT2D eigenvalue weighted by atomic mass is 9.83. The lowest BCUT2D eigenvalue weighted by Crippen LogP contribution is -2.58. The van der Waals surface area contributed by atoms with Crippen LogP contribution in [0.2, 0.25) is 0 Å². The average molecular weight is 834 g/mol. The number of ether oxygens (including phenoxy) is 3. The first kappa shape index (κ1) is 46.1. The molecule has 0 radical (unpaired) electrons.